The zero-order valence-electron chi connectivity index (χ0n) is 14.5. The van der Waals surface area contributed by atoms with Crippen molar-refractivity contribution in [2.75, 3.05) is 31.1 Å². The Bertz CT molecular complexity index is 819. The first-order valence-corrected chi connectivity index (χ1v) is 8.37. The third kappa shape index (κ3) is 4.49. The fraction of sp³-hybridized carbons (Fsp3) is 0.333. The topological polar surface area (TPSA) is 45.7 Å². The van der Waals surface area contributed by atoms with Crippen LogP contribution in [-0.4, -0.2) is 48.6 Å². The molecule has 1 aromatic heterocycles. The Kier molecular flexibility index (Phi) is 5.66. The third-order valence-electron chi connectivity index (χ3n) is 4.30. The Hall–Kier alpha value is -2.91. The van der Waals surface area contributed by atoms with Crippen LogP contribution in [0.5, 0.6) is 5.75 Å². The SMILES string of the molecule is O=C(c1ccccc1OC(F)F)N1CCN(c2ccc(C(F)(F)F)cn2)CC1. The molecule has 10 heteroatoms. The average molecular weight is 401 g/mol. The van der Waals surface area contributed by atoms with Crippen molar-refractivity contribution >= 4 is 11.7 Å². The Morgan fingerprint density at radius 1 is 1.04 bits per heavy atom. The second-order valence-corrected chi connectivity index (χ2v) is 6.06. The molecule has 5 nitrogen and oxygen atoms in total. The number of amides is 1. The Balaban J connectivity index is 1.65. The van der Waals surface area contributed by atoms with Gasteiger partial charge in [0.2, 0.25) is 0 Å². The number of nitrogens with zero attached hydrogens (tertiary/aromatic N) is 3. The smallest absolute Gasteiger partial charge is 0.417 e. The first-order valence-electron chi connectivity index (χ1n) is 8.37. The number of carbonyl (C=O) groups excluding carboxylic acids is 1. The highest BCUT2D eigenvalue weighted by Gasteiger charge is 2.31. The summed E-state index contributed by atoms with van der Waals surface area (Å²) >= 11 is 0. The maximum absolute atomic E-state index is 12.6. The van der Waals surface area contributed by atoms with E-state index in [1.54, 1.807) is 11.0 Å². The number of carbonyl (C=O) groups is 1. The monoisotopic (exact) mass is 401 g/mol. The van der Waals surface area contributed by atoms with Gasteiger partial charge >= 0.3 is 12.8 Å². The van der Waals surface area contributed by atoms with E-state index >= 15 is 0 Å². The van der Waals surface area contributed by atoms with Crippen LogP contribution in [0.3, 0.4) is 0 Å². The number of aromatic nitrogens is 1. The summed E-state index contributed by atoms with van der Waals surface area (Å²) in [7, 11) is 0. The van der Waals surface area contributed by atoms with Crippen molar-refractivity contribution < 1.29 is 31.5 Å². The molecule has 1 fully saturated rings. The molecular formula is C18H16F5N3O2. The summed E-state index contributed by atoms with van der Waals surface area (Å²) in [5, 5.41) is 0. The van der Waals surface area contributed by atoms with E-state index in [0.717, 1.165) is 12.3 Å². The van der Waals surface area contributed by atoms with Crippen molar-refractivity contribution in [3.63, 3.8) is 0 Å². The minimum atomic E-state index is -4.45. The van der Waals surface area contributed by atoms with Gasteiger partial charge in [-0.3, -0.25) is 4.79 Å². The van der Waals surface area contributed by atoms with Gasteiger partial charge < -0.3 is 14.5 Å². The maximum Gasteiger partial charge on any atom is 0.417 e. The van der Waals surface area contributed by atoms with Crippen LogP contribution in [0.4, 0.5) is 27.8 Å². The van der Waals surface area contributed by atoms with Crippen molar-refractivity contribution in [1.82, 2.24) is 9.88 Å². The molecule has 0 bridgehead atoms. The lowest BCUT2D eigenvalue weighted by atomic mass is 10.1. The third-order valence-corrected chi connectivity index (χ3v) is 4.30. The van der Waals surface area contributed by atoms with Crippen molar-refractivity contribution in [1.29, 1.82) is 0 Å². The molecule has 28 heavy (non-hydrogen) atoms. The number of para-hydroxylation sites is 1. The largest absolute Gasteiger partial charge is 0.434 e. The molecule has 1 aliphatic rings. The molecule has 1 aliphatic heterocycles. The first kappa shape index (κ1) is 19.8. The van der Waals surface area contributed by atoms with Gasteiger partial charge in [-0.05, 0) is 24.3 Å². The van der Waals surface area contributed by atoms with E-state index in [1.807, 2.05) is 0 Å². The summed E-state index contributed by atoms with van der Waals surface area (Å²) in [6, 6.07) is 7.98. The molecule has 0 N–H and O–H groups in total. The van der Waals surface area contributed by atoms with Gasteiger partial charge in [-0.15, -0.1) is 0 Å². The number of pyridine rings is 1. The molecule has 0 atom stereocenters. The summed E-state index contributed by atoms with van der Waals surface area (Å²) in [4.78, 5) is 19.7. The van der Waals surface area contributed by atoms with Gasteiger partial charge in [-0.2, -0.15) is 22.0 Å². The number of anilines is 1. The molecule has 3 rings (SSSR count). The molecule has 0 aliphatic carbocycles. The number of hydrogen-bond donors (Lipinski definition) is 0. The van der Waals surface area contributed by atoms with Crippen LogP contribution < -0.4 is 9.64 Å². The van der Waals surface area contributed by atoms with Crippen molar-refractivity contribution in [3.8, 4) is 5.75 Å². The number of piperazine rings is 1. The molecule has 0 radical (unpaired) electrons. The zero-order chi connectivity index (χ0) is 20.3. The van der Waals surface area contributed by atoms with Gasteiger partial charge in [0, 0.05) is 32.4 Å². The lowest BCUT2D eigenvalue weighted by Crippen LogP contribution is -2.49. The van der Waals surface area contributed by atoms with Crippen LogP contribution in [0.2, 0.25) is 0 Å². The zero-order valence-corrected chi connectivity index (χ0v) is 14.5. The molecule has 1 aromatic carbocycles. The van der Waals surface area contributed by atoms with Crippen LogP contribution in [-0.2, 0) is 6.18 Å². The molecule has 2 heterocycles. The van der Waals surface area contributed by atoms with Gasteiger partial charge in [0.15, 0.2) is 0 Å². The maximum atomic E-state index is 12.6. The predicted octanol–water partition coefficient (Wildman–Crippen LogP) is 3.66. The second kappa shape index (κ2) is 7.99. The Morgan fingerprint density at radius 2 is 1.71 bits per heavy atom. The highest BCUT2D eigenvalue weighted by atomic mass is 19.4. The molecule has 0 saturated carbocycles. The first-order chi connectivity index (χ1) is 13.3. The molecule has 0 spiro atoms. The van der Waals surface area contributed by atoms with E-state index in [0.29, 0.717) is 18.9 Å². The molecule has 1 amide bonds. The van der Waals surface area contributed by atoms with Gasteiger partial charge in [0.1, 0.15) is 11.6 Å². The van der Waals surface area contributed by atoms with Crippen molar-refractivity contribution in [2.24, 2.45) is 0 Å². The molecule has 150 valence electrons. The van der Waals surface area contributed by atoms with E-state index in [9.17, 15) is 26.7 Å². The fourth-order valence-electron chi connectivity index (χ4n) is 2.89. The summed E-state index contributed by atoms with van der Waals surface area (Å²) in [5.74, 6) is -0.271. The summed E-state index contributed by atoms with van der Waals surface area (Å²) in [6.45, 7) is -1.81. The highest BCUT2D eigenvalue weighted by molar-refractivity contribution is 5.97. The molecular weight excluding hydrogens is 385 g/mol. The van der Waals surface area contributed by atoms with Crippen molar-refractivity contribution in [3.05, 3.63) is 53.7 Å². The van der Waals surface area contributed by atoms with Gasteiger partial charge in [-0.25, -0.2) is 4.98 Å². The number of alkyl halides is 5. The van der Waals surface area contributed by atoms with Gasteiger partial charge in [-0.1, -0.05) is 12.1 Å². The number of ether oxygens (including phenoxy) is 1. The van der Waals surface area contributed by atoms with Crippen molar-refractivity contribution in [2.45, 2.75) is 12.8 Å². The Labute approximate surface area is 157 Å². The second-order valence-electron chi connectivity index (χ2n) is 6.06. The summed E-state index contributed by atoms with van der Waals surface area (Å²) < 4.78 is 67.3. The van der Waals surface area contributed by atoms with E-state index in [1.165, 1.54) is 29.2 Å². The quantitative estimate of drug-likeness (QED) is 0.734. The van der Waals surface area contributed by atoms with Gasteiger partial charge in [0.05, 0.1) is 11.1 Å². The highest BCUT2D eigenvalue weighted by Crippen LogP contribution is 2.29. The minimum Gasteiger partial charge on any atom is -0.434 e. The van der Waals surface area contributed by atoms with Crippen LogP contribution >= 0.6 is 0 Å². The van der Waals surface area contributed by atoms with E-state index in [-0.39, 0.29) is 24.4 Å². The normalized spacial score (nSPS) is 15.1. The van der Waals surface area contributed by atoms with E-state index < -0.39 is 24.3 Å². The Morgan fingerprint density at radius 3 is 2.29 bits per heavy atom. The summed E-state index contributed by atoms with van der Waals surface area (Å²) in [5.41, 5.74) is -0.801. The lowest BCUT2D eigenvalue weighted by molar-refractivity contribution is -0.137. The number of hydrogen-bond acceptors (Lipinski definition) is 4. The number of rotatable bonds is 4. The average Bonchev–Trinajstić information content (AvgIpc) is 2.67. The number of benzene rings is 1. The molecule has 2 aromatic rings. The van der Waals surface area contributed by atoms with E-state index in [2.05, 4.69) is 9.72 Å². The van der Waals surface area contributed by atoms with Crippen LogP contribution in [0.15, 0.2) is 42.6 Å². The minimum absolute atomic E-state index is 0.0314. The standard InChI is InChI=1S/C18H16F5N3O2/c19-17(20)28-14-4-2-1-3-13(14)16(27)26-9-7-25(8-10-26)15-6-5-12(11-24-15)18(21,22)23/h1-6,11,17H,7-10H2. The van der Waals surface area contributed by atoms with Crippen LogP contribution in [0, 0.1) is 0 Å². The predicted molar refractivity (Wildman–Crippen MR) is 90.4 cm³/mol. The molecule has 1 saturated heterocycles. The summed E-state index contributed by atoms with van der Waals surface area (Å²) in [6.07, 6.45) is -3.69. The van der Waals surface area contributed by atoms with Crippen LogP contribution in [0.1, 0.15) is 15.9 Å². The number of halogens is 5. The molecule has 0 unspecified atom stereocenters. The van der Waals surface area contributed by atoms with Crippen LogP contribution in [0.25, 0.3) is 0 Å². The van der Waals surface area contributed by atoms with E-state index in [4.69, 9.17) is 0 Å². The fourth-order valence-corrected chi connectivity index (χ4v) is 2.89. The lowest BCUT2D eigenvalue weighted by Gasteiger charge is -2.35. The van der Waals surface area contributed by atoms with Gasteiger partial charge in [0.25, 0.3) is 5.91 Å².